The highest BCUT2D eigenvalue weighted by atomic mass is 16.5. The zero-order valence-electron chi connectivity index (χ0n) is 16.1. The summed E-state index contributed by atoms with van der Waals surface area (Å²) >= 11 is 0. The summed E-state index contributed by atoms with van der Waals surface area (Å²) < 4.78 is 11.8. The van der Waals surface area contributed by atoms with Crippen LogP contribution in [0, 0.1) is 0 Å². The molecule has 144 valence electrons. The Balaban J connectivity index is 1.23. The minimum absolute atomic E-state index is 0.450. The maximum absolute atomic E-state index is 5.90. The van der Waals surface area contributed by atoms with Crippen LogP contribution in [0.2, 0.25) is 0 Å². The molecule has 4 rings (SSSR count). The maximum atomic E-state index is 5.90. The molecule has 2 heterocycles. The summed E-state index contributed by atoms with van der Waals surface area (Å²) in [4.78, 5) is 5.03. The predicted molar refractivity (Wildman–Crippen MR) is 109 cm³/mol. The standard InChI is InChI=1S/C23H30N2O2/c1-2-6-20(7-3-1)19-27-22-11-9-21(10-12-22)25-15-13-24(14-16-25)18-23-8-4-5-17-26-23/h1-3,6-7,9-12,23H,4-5,8,13-19H2. The fraction of sp³-hybridized carbons (Fsp3) is 0.478. The molecule has 2 aromatic carbocycles. The summed E-state index contributed by atoms with van der Waals surface area (Å²) in [5, 5.41) is 0. The molecule has 1 unspecified atom stereocenters. The van der Waals surface area contributed by atoms with Gasteiger partial charge in [-0.15, -0.1) is 0 Å². The van der Waals surface area contributed by atoms with Crippen LogP contribution < -0.4 is 9.64 Å². The third-order valence-corrected chi connectivity index (χ3v) is 5.56. The van der Waals surface area contributed by atoms with E-state index in [4.69, 9.17) is 9.47 Å². The molecule has 0 bridgehead atoms. The lowest BCUT2D eigenvalue weighted by Gasteiger charge is -2.38. The van der Waals surface area contributed by atoms with Crippen molar-refractivity contribution >= 4 is 5.69 Å². The van der Waals surface area contributed by atoms with Crippen LogP contribution in [0.15, 0.2) is 54.6 Å². The van der Waals surface area contributed by atoms with Crippen molar-refractivity contribution in [3.05, 3.63) is 60.2 Å². The lowest BCUT2D eigenvalue weighted by atomic mass is 10.1. The summed E-state index contributed by atoms with van der Waals surface area (Å²) in [5.74, 6) is 0.927. The summed E-state index contributed by atoms with van der Waals surface area (Å²) in [7, 11) is 0. The van der Waals surface area contributed by atoms with E-state index in [0.717, 1.165) is 45.1 Å². The van der Waals surface area contributed by atoms with Gasteiger partial charge in [-0.3, -0.25) is 4.90 Å². The van der Waals surface area contributed by atoms with Gasteiger partial charge in [0, 0.05) is 45.0 Å². The highest BCUT2D eigenvalue weighted by molar-refractivity contribution is 5.49. The number of ether oxygens (including phenoxy) is 2. The van der Waals surface area contributed by atoms with E-state index in [0.29, 0.717) is 12.7 Å². The second-order valence-electron chi connectivity index (χ2n) is 7.54. The van der Waals surface area contributed by atoms with Gasteiger partial charge >= 0.3 is 0 Å². The van der Waals surface area contributed by atoms with E-state index < -0.39 is 0 Å². The molecule has 0 N–H and O–H groups in total. The Bertz CT molecular complexity index is 675. The number of benzene rings is 2. The van der Waals surface area contributed by atoms with Crippen LogP contribution in [0.3, 0.4) is 0 Å². The smallest absolute Gasteiger partial charge is 0.119 e. The molecule has 2 aliphatic rings. The van der Waals surface area contributed by atoms with Crippen molar-refractivity contribution in [2.24, 2.45) is 0 Å². The van der Waals surface area contributed by atoms with Crippen molar-refractivity contribution in [2.45, 2.75) is 32.0 Å². The van der Waals surface area contributed by atoms with E-state index in [1.165, 1.54) is 30.5 Å². The van der Waals surface area contributed by atoms with Crippen LogP contribution in [0.1, 0.15) is 24.8 Å². The highest BCUT2D eigenvalue weighted by Gasteiger charge is 2.22. The van der Waals surface area contributed by atoms with E-state index in [2.05, 4.69) is 46.2 Å². The fourth-order valence-electron chi connectivity index (χ4n) is 3.92. The SMILES string of the molecule is c1ccc(COc2ccc(N3CCN(CC4CCCCO4)CC3)cc2)cc1. The normalized spacial score (nSPS) is 21.2. The van der Waals surface area contributed by atoms with Crippen molar-refractivity contribution in [3.63, 3.8) is 0 Å². The first-order valence-electron chi connectivity index (χ1n) is 10.2. The lowest BCUT2D eigenvalue weighted by Crippen LogP contribution is -2.49. The average Bonchev–Trinajstić information content (AvgIpc) is 2.75. The molecule has 4 nitrogen and oxygen atoms in total. The molecule has 0 aromatic heterocycles. The summed E-state index contributed by atoms with van der Waals surface area (Å²) in [6.45, 7) is 7.05. The van der Waals surface area contributed by atoms with Gasteiger partial charge in [0.25, 0.3) is 0 Å². The molecule has 0 amide bonds. The Morgan fingerprint density at radius 3 is 2.37 bits per heavy atom. The largest absolute Gasteiger partial charge is 0.489 e. The Kier molecular flexibility index (Phi) is 6.28. The first-order valence-corrected chi connectivity index (χ1v) is 10.2. The van der Waals surface area contributed by atoms with Crippen LogP contribution in [-0.2, 0) is 11.3 Å². The van der Waals surface area contributed by atoms with Gasteiger partial charge < -0.3 is 14.4 Å². The van der Waals surface area contributed by atoms with Crippen LogP contribution in [0.5, 0.6) is 5.75 Å². The molecule has 2 fully saturated rings. The van der Waals surface area contributed by atoms with Crippen LogP contribution in [0.25, 0.3) is 0 Å². The van der Waals surface area contributed by atoms with Gasteiger partial charge in [-0.05, 0) is 49.1 Å². The second kappa shape index (κ2) is 9.25. The molecule has 0 saturated carbocycles. The van der Waals surface area contributed by atoms with Crippen molar-refractivity contribution in [3.8, 4) is 5.75 Å². The molecule has 2 saturated heterocycles. The van der Waals surface area contributed by atoms with E-state index in [1.807, 2.05) is 18.2 Å². The molecule has 0 radical (unpaired) electrons. The van der Waals surface area contributed by atoms with Crippen LogP contribution in [-0.4, -0.2) is 50.3 Å². The quantitative estimate of drug-likeness (QED) is 0.773. The van der Waals surface area contributed by atoms with Gasteiger partial charge in [0.1, 0.15) is 12.4 Å². The van der Waals surface area contributed by atoms with E-state index >= 15 is 0 Å². The number of nitrogens with zero attached hydrogens (tertiary/aromatic N) is 2. The Morgan fingerprint density at radius 1 is 0.889 bits per heavy atom. The van der Waals surface area contributed by atoms with Crippen molar-refractivity contribution in [1.82, 2.24) is 4.90 Å². The third-order valence-electron chi connectivity index (χ3n) is 5.56. The van der Waals surface area contributed by atoms with E-state index in [9.17, 15) is 0 Å². The number of rotatable bonds is 6. The summed E-state index contributed by atoms with van der Waals surface area (Å²) in [6, 6.07) is 18.8. The number of anilines is 1. The van der Waals surface area contributed by atoms with Crippen LogP contribution >= 0.6 is 0 Å². The first-order chi connectivity index (χ1) is 13.4. The minimum atomic E-state index is 0.450. The Morgan fingerprint density at radius 2 is 1.67 bits per heavy atom. The van der Waals surface area contributed by atoms with E-state index in [1.54, 1.807) is 0 Å². The molecular weight excluding hydrogens is 336 g/mol. The van der Waals surface area contributed by atoms with Gasteiger partial charge in [0.2, 0.25) is 0 Å². The molecule has 0 aliphatic carbocycles. The lowest BCUT2D eigenvalue weighted by molar-refractivity contribution is -0.00645. The molecular formula is C23H30N2O2. The van der Waals surface area contributed by atoms with E-state index in [-0.39, 0.29) is 0 Å². The third kappa shape index (κ3) is 5.24. The summed E-state index contributed by atoms with van der Waals surface area (Å²) in [5.41, 5.74) is 2.48. The Labute approximate surface area is 162 Å². The van der Waals surface area contributed by atoms with Gasteiger partial charge in [-0.25, -0.2) is 0 Å². The first kappa shape index (κ1) is 18.3. The fourth-order valence-corrected chi connectivity index (χ4v) is 3.92. The van der Waals surface area contributed by atoms with Crippen LogP contribution in [0.4, 0.5) is 5.69 Å². The summed E-state index contributed by atoms with van der Waals surface area (Å²) in [6.07, 6.45) is 4.23. The van der Waals surface area contributed by atoms with Crippen molar-refractivity contribution in [2.75, 3.05) is 44.2 Å². The number of piperazine rings is 1. The molecule has 0 spiro atoms. The number of hydrogen-bond acceptors (Lipinski definition) is 4. The molecule has 4 heteroatoms. The second-order valence-corrected chi connectivity index (χ2v) is 7.54. The van der Waals surface area contributed by atoms with Gasteiger partial charge in [-0.2, -0.15) is 0 Å². The molecule has 27 heavy (non-hydrogen) atoms. The topological polar surface area (TPSA) is 24.9 Å². The molecule has 2 aliphatic heterocycles. The zero-order valence-corrected chi connectivity index (χ0v) is 16.1. The predicted octanol–water partition coefficient (Wildman–Crippen LogP) is 3.96. The van der Waals surface area contributed by atoms with Gasteiger partial charge in [0.05, 0.1) is 6.10 Å². The average molecular weight is 367 g/mol. The van der Waals surface area contributed by atoms with Gasteiger partial charge in [0.15, 0.2) is 0 Å². The molecule has 1 atom stereocenters. The Hall–Kier alpha value is -2.04. The van der Waals surface area contributed by atoms with Crippen molar-refractivity contribution < 1.29 is 9.47 Å². The highest BCUT2D eigenvalue weighted by Crippen LogP contribution is 2.22. The van der Waals surface area contributed by atoms with Gasteiger partial charge in [-0.1, -0.05) is 30.3 Å². The zero-order chi connectivity index (χ0) is 18.3. The minimum Gasteiger partial charge on any atom is -0.489 e. The monoisotopic (exact) mass is 366 g/mol. The molecule has 2 aromatic rings. The van der Waals surface area contributed by atoms with Crippen molar-refractivity contribution in [1.29, 1.82) is 0 Å². The maximum Gasteiger partial charge on any atom is 0.119 e. The number of hydrogen-bond donors (Lipinski definition) is 0.